The molecular weight excluding hydrogens is 268 g/mol. The lowest BCUT2D eigenvalue weighted by molar-refractivity contribution is -0.125. The average Bonchev–Trinajstić information content (AvgIpc) is 2.44. The van der Waals surface area contributed by atoms with Gasteiger partial charge in [0.1, 0.15) is 0 Å². The third-order valence-electron chi connectivity index (χ3n) is 3.99. The summed E-state index contributed by atoms with van der Waals surface area (Å²) in [5.41, 5.74) is 3.86. The molecule has 2 saturated heterocycles. The number of hydrogen-bond donors (Lipinski definition) is 1. The lowest BCUT2D eigenvalue weighted by atomic mass is 10.3. The van der Waals surface area contributed by atoms with Crippen LogP contribution in [0.15, 0.2) is 5.10 Å². The molecule has 2 fully saturated rings. The Morgan fingerprint density at radius 1 is 0.952 bits per heavy atom. The predicted octanol–water partition coefficient (Wildman–Crippen LogP) is -0.722. The molecule has 7 heteroatoms. The Morgan fingerprint density at radius 3 is 2.05 bits per heavy atom. The Kier molecular flexibility index (Phi) is 5.96. The summed E-state index contributed by atoms with van der Waals surface area (Å²) in [6.45, 7) is 9.63. The highest BCUT2D eigenvalue weighted by atomic mass is 16.2. The number of nitrogens with zero attached hydrogens (tertiary/aromatic N) is 5. The molecule has 2 aliphatic rings. The number of carbonyl (C=O) groups is 1. The van der Waals surface area contributed by atoms with Crippen molar-refractivity contribution in [3.8, 4) is 0 Å². The zero-order valence-corrected chi connectivity index (χ0v) is 13.5. The maximum Gasteiger partial charge on any atom is 0.240 e. The standard InChI is InChI=1S/C14H28N6O/c1-13(15-19-8-4-17(2)5-9-19)12-14(21)16-20-10-6-18(3)7-11-20/h4-12H2,1-3H3,(H,16,21)/b15-13+. The van der Waals surface area contributed by atoms with Crippen LogP contribution in [0.3, 0.4) is 0 Å². The maximum atomic E-state index is 12.0. The fraction of sp³-hybridized carbons (Fsp3) is 0.857. The van der Waals surface area contributed by atoms with Crippen molar-refractivity contribution in [3.63, 3.8) is 0 Å². The van der Waals surface area contributed by atoms with E-state index in [1.54, 1.807) is 0 Å². The van der Waals surface area contributed by atoms with E-state index in [1.807, 2.05) is 11.9 Å². The monoisotopic (exact) mass is 296 g/mol. The zero-order chi connectivity index (χ0) is 15.2. The number of piperazine rings is 2. The van der Waals surface area contributed by atoms with Gasteiger partial charge in [0, 0.05) is 58.1 Å². The summed E-state index contributed by atoms with van der Waals surface area (Å²) in [4.78, 5) is 16.6. The van der Waals surface area contributed by atoms with Gasteiger partial charge in [0.25, 0.3) is 0 Å². The van der Waals surface area contributed by atoms with Crippen LogP contribution in [0.1, 0.15) is 13.3 Å². The van der Waals surface area contributed by atoms with E-state index < -0.39 is 0 Å². The van der Waals surface area contributed by atoms with Gasteiger partial charge >= 0.3 is 0 Å². The Balaban J connectivity index is 1.71. The smallest absolute Gasteiger partial charge is 0.240 e. The van der Waals surface area contributed by atoms with Crippen molar-refractivity contribution in [1.29, 1.82) is 0 Å². The molecule has 0 aromatic heterocycles. The molecule has 0 aromatic rings. The highest BCUT2D eigenvalue weighted by Crippen LogP contribution is 2.02. The van der Waals surface area contributed by atoms with Crippen molar-refractivity contribution in [2.24, 2.45) is 5.10 Å². The van der Waals surface area contributed by atoms with E-state index in [0.29, 0.717) is 6.42 Å². The summed E-state index contributed by atoms with van der Waals surface area (Å²) < 4.78 is 0. The Labute approximate surface area is 127 Å². The second-order valence-corrected chi connectivity index (χ2v) is 6.09. The van der Waals surface area contributed by atoms with Gasteiger partial charge in [-0.15, -0.1) is 0 Å². The minimum atomic E-state index is 0.0370. The van der Waals surface area contributed by atoms with Crippen LogP contribution in [-0.2, 0) is 4.79 Å². The molecule has 0 bridgehead atoms. The summed E-state index contributed by atoms with van der Waals surface area (Å²) in [5.74, 6) is 0.0370. The zero-order valence-electron chi connectivity index (χ0n) is 13.5. The fourth-order valence-electron chi connectivity index (χ4n) is 2.54. The highest BCUT2D eigenvalue weighted by Gasteiger charge is 2.17. The SMILES string of the molecule is C/C(CC(=O)NN1CCN(C)CC1)=N\N1CCN(C)CC1. The number of hydrazine groups is 1. The van der Waals surface area contributed by atoms with Gasteiger partial charge in [-0.3, -0.25) is 15.2 Å². The first-order chi connectivity index (χ1) is 10.0. The van der Waals surface area contributed by atoms with Gasteiger partial charge in [-0.1, -0.05) is 0 Å². The first-order valence-corrected chi connectivity index (χ1v) is 7.73. The van der Waals surface area contributed by atoms with Crippen molar-refractivity contribution in [2.45, 2.75) is 13.3 Å². The van der Waals surface area contributed by atoms with Crippen molar-refractivity contribution in [3.05, 3.63) is 0 Å². The first-order valence-electron chi connectivity index (χ1n) is 7.73. The summed E-state index contributed by atoms with van der Waals surface area (Å²) >= 11 is 0. The van der Waals surface area contributed by atoms with Crippen LogP contribution in [0.25, 0.3) is 0 Å². The quantitative estimate of drug-likeness (QED) is 0.694. The number of likely N-dealkylation sites (N-methyl/N-ethyl adjacent to an activating group) is 2. The lowest BCUT2D eigenvalue weighted by Gasteiger charge is -2.32. The topological polar surface area (TPSA) is 54.4 Å². The molecule has 0 radical (unpaired) electrons. The van der Waals surface area contributed by atoms with Crippen LogP contribution >= 0.6 is 0 Å². The number of rotatable bonds is 4. The molecule has 0 unspecified atom stereocenters. The molecule has 120 valence electrons. The lowest BCUT2D eigenvalue weighted by Crippen LogP contribution is -2.52. The molecule has 1 amide bonds. The van der Waals surface area contributed by atoms with Crippen LogP contribution in [0.2, 0.25) is 0 Å². The number of carbonyl (C=O) groups excluding carboxylic acids is 1. The number of nitrogens with one attached hydrogen (secondary N) is 1. The number of hydrazone groups is 1. The van der Waals surface area contributed by atoms with Gasteiger partial charge < -0.3 is 9.80 Å². The minimum Gasteiger partial charge on any atom is -0.304 e. The van der Waals surface area contributed by atoms with E-state index in [9.17, 15) is 4.79 Å². The van der Waals surface area contributed by atoms with Gasteiger partial charge in [0.05, 0.1) is 6.42 Å². The number of hydrogen-bond acceptors (Lipinski definition) is 6. The van der Waals surface area contributed by atoms with Gasteiger partial charge in [0.15, 0.2) is 0 Å². The average molecular weight is 296 g/mol. The van der Waals surface area contributed by atoms with Crippen LogP contribution in [0.4, 0.5) is 0 Å². The van der Waals surface area contributed by atoms with Gasteiger partial charge in [-0.05, 0) is 21.0 Å². The second kappa shape index (κ2) is 7.72. The molecule has 1 N–H and O–H groups in total. The van der Waals surface area contributed by atoms with Gasteiger partial charge in [-0.25, -0.2) is 5.01 Å². The molecule has 7 nitrogen and oxygen atoms in total. The summed E-state index contributed by atoms with van der Waals surface area (Å²) in [7, 11) is 4.23. The highest BCUT2D eigenvalue weighted by molar-refractivity contribution is 5.99. The van der Waals surface area contributed by atoms with Gasteiger partial charge in [-0.2, -0.15) is 5.10 Å². The van der Waals surface area contributed by atoms with Crippen LogP contribution in [0, 0.1) is 0 Å². The van der Waals surface area contributed by atoms with E-state index in [1.165, 1.54) is 0 Å². The Bertz CT molecular complexity index is 370. The molecule has 2 heterocycles. The molecule has 21 heavy (non-hydrogen) atoms. The third kappa shape index (κ3) is 5.61. The van der Waals surface area contributed by atoms with E-state index in [0.717, 1.165) is 58.1 Å². The van der Waals surface area contributed by atoms with Crippen LogP contribution in [0.5, 0.6) is 0 Å². The van der Waals surface area contributed by atoms with Crippen molar-refractivity contribution >= 4 is 11.6 Å². The molecule has 0 spiro atoms. The van der Waals surface area contributed by atoms with Crippen LogP contribution in [-0.4, -0.2) is 97.9 Å². The first kappa shape index (κ1) is 16.2. The fourth-order valence-corrected chi connectivity index (χ4v) is 2.54. The maximum absolute atomic E-state index is 12.0. The molecule has 2 rings (SSSR count). The Hall–Kier alpha value is -1.18. The summed E-state index contributed by atoms with van der Waals surface area (Å²) in [6.07, 6.45) is 0.374. The predicted molar refractivity (Wildman–Crippen MR) is 84.0 cm³/mol. The second-order valence-electron chi connectivity index (χ2n) is 6.09. The summed E-state index contributed by atoms with van der Waals surface area (Å²) in [5, 5.41) is 8.62. The van der Waals surface area contributed by atoms with Gasteiger partial charge in [0.2, 0.25) is 5.91 Å². The number of amides is 1. The van der Waals surface area contributed by atoms with E-state index in [2.05, 4.69) is 39.4 Å². The molecular formula is C14H28N6O. The normalized spacial score (nSPS) is 23.4. The van der Waals surface area contributed by atoms with Crippen molar-refractivity contribution in [2.75, 3.05) is 66.5 Å². The Morgan fingerprint density at radius 2 is 1.48 bits per heavy atom. The minimum absolute atomic E-state index is 0.0370. The van der Waals surface area contributed by atoms with Crippen LogP contribution < -0.4 is 5.43 Å². The van der Waals surface area contributed by atoms with E-state index in [-0.39, 0.29) is 5.91 Å². The van der Waals surface area contributed by atoms with E-state index in [4.69, 9.17) is 0 Å². The third-order valence-corrected chi connectivity index (χ3v) is 3.99. The summed E-state index contributed by atoms with van der Waals surface area (Å²) in [6, 6.07) is 0. The van der Waals surface area contributed by atoms with Crippen molar-refractivity contribution < 1.29 is 4.79 Å². The largest absolute Gasteiger partial charge is 0.304 e. The van der Waals surface area contributed by atoms with E-state index >= 15 is 0 Å². The molecule has 0 saturated carbocycles. The molecule has 0 aromatic carbocycles. The molecule has 0 aliphatic carbocycles. The van der Waals surface area contributed by atoms with Crippen molar-refractivity contribution in [1.82, 2.24) is 25.2 Å². The molecule has 0 atom stereocenters. The molecule has 2 aliphatic heterocycles.